The second kappa shape index (κ2) is 13.4. The van der Waals surface area contributed by atoms with Gasteiger partial charge in [0, 0.05) is 12.2 Å². The number of hydrogen-bond acceptors (Lipinski definition) is 2. The molecule has 0 bridgehead atoms. The van der Waals surface area contributed by atoms with E-state index < -0.39 is 0 Å². The quantitative estimate of drug-likeness (QED) is 0.276. The van der Waals surface area contributed by atoms with E-state index in [0.29, 0.717) is 17.3 Å². The lowest BCUT2D eigenvalue weighted by atomic mass is 9.88. The van der Waals surface area contributed by atoms with Crippen LogP contribution in [0, 0.1) is 24.2 Å². The third kappa shape index (κ3) is 9.54. The lowest BCUT2D eigenvalue weighted by molar-refractivity contribution is 0.233. The van der Waals surface area contributed by atoms with Crippen LogP contribution in [0.2, 0.25) is 0 Å². The molecule has 1 aliphatic rings. The van der Waals surface area contributed by atoms with Crippen LogP contribution in [0.1, 0.15) is 109 Å². The summed E-state index contributed by atoms with van der Waals surface area (Å²) in [4.78, 5) is 0. The van der Waals surface area contributed by atoms with Crippen molar-refractivity contribution >= 4 is 5.69 Å². The first-order valence-electron chi connectivity index (χ1n) is 14.3. The van der Waals surface area contributed by atoms with Crippen molar-refractivity contribution in [2.24, 2.45) is 17.3 Å². The van der Waals surface area contributed by atoms with Gasteiger partial charge in [-0.05, 0) is 116 Å². The van der Waals surface area contributed by atoms with Gasteiger partial charge in [0.1, 0.15) is 5.75 Å². The highest BCUT2D eigenvalue weighted by Gasteiger charge is 2.31. The number of hydrogen-bond donors (Lipinski definition) is 1. The highest BCUT2D eigenvalue weighted by Crippen LogP contribution is 2.44. The van der Waals surface area contributed by atoms with Crippen molar-refractivity contribution in [2.45, 2.75) is 105 Å². The molecule has 0 aromatic heterocycles. The highest BCUT2D eigenvalue weighted by atomic mass is 16.5. The number of aryl methyl sites for hydroxylation is 2. The van der Waals surface area contributed by atoms with Gasteiger partial charge in [0.05, 0.1) is 6.61 Å². The second-order valence-corrected chi connectivity index (χ2v) is 12.2. The summed E-state index contributed by atoms with van der Waals surface area (Å²) in [7, 11) is 0. The fourth-order valence-electron chi connectivity index (χ4n) is 5.40. The van der Waals surface area contributed by atoms with Gasteiger partial charge in [-0.3, -0.25) is 0 Å². The van der Waals surface area contributed by atoms with E-state index in [4.69, 9.17) is 4.74 Å². The van der Waals surface area contributed by atoms with Gasteiger partial charge >= 0.3 is 0 Å². The van der Waals surface area contributed by atoms with Crippen molar-refractivity contribution in [3.05, 3.63) is 59.2 Å². The predicted molar refractivity (Wildman–Crippen MR) is 153 cm³/mol. The zero-order chi connectivity index (χ0) is 25.3. The monoisotopic (exact) mass is 477 g/mol. The average molecular weight is 478 g/mol. The summed E-state index contributed by atoms with van der Waals surface area (Å²) in [6.45, 7) is 15.6. The molecule has 2 atom stereocenters. The van der Waals surface area contributed by atoms with E-state index in [-0.39, 0.29) is 0 Å². The van der Waals surface area contributed by atoms with E-state index in [1.807, 2.05) is 0 Å². The molecule has 0 saturated heterocycles. The van der Waals surface area contributed by atoms with Crippen molar-refractivity contribution in [1.82, 2.24) is 0 Å². The molecule has 35 heavy (non-hydrogen) atoms. The molecule has 194 valence electrons. The Hall–Kier alpha value is -1.96. The average Bonchev–Trinajstić information content (AvgIpc) is 3.64. The summed E-state index contributed by atoms with van der Waals surface area (Å²) in [6.07, 6.45) is 11.2. The Morgan fingerprint density at radius 1 is 1.03 bits per heavy atom. The number of benzene rings is 2. The van der Waals surface area contributed by atoms with Gasteiger partial charge in [-0.25, -0.2) is 0 Å². The molecule has 1 N–H and O–H groups in total. The fraction of sp³-hybridized carbons (Fsp3) is 0.636. The Balaban J connectivity index is 1.52. The molecular formula is C33H51NO. The normalized spacial score (nSPS) is 15.6. The van der Waals surface area contributed by atoms with Gasteiger partial charge in [0.25, 0.3) is 0 Å². The maximum atomic E-state index is 6.36. The number of rotatable bonds is 15. The van der Waals surface area contributed by atoms with Crippen molar-refractivity contribution in [3.63, 3.8) is 0 Å². The standard InChI is InChI=1S/C33H51NO/c1-7-11-26(24-35-30-14-9-12-29(23-30)31(8-2)27-17-18-27)19-21-34-32-22-25(3)15-16-28(32)13-10-20-33(4,5)6/h9,12,14-16,22-23,26-27,31,34H,7-8,10-11,13,17-21,24H2,1-6H3. The zero-order valence-electron chi connectivity index (χ0n) is 23.5. The Morgan fingerprint density at radius 3 is 2.51 bits per heavy atom. The Kier molecular flexibility index (Phi) is 10.6. The largest absolute Gasteiger partial charge is 0.493 e. The van der Waals surface area contributed by atoms with Gasteiger partial charge < -0.3 is 10.1 Å². The molecular weight excluding hydrogens is 426 g/mol. The van der Waals surface area contributed by atoms with Gasteiger partial charge in [-0.1, -0.05) is 65.3 Å². The van der Waals surface area contributed by atoms with Crippen LogP contribution >= 0.6 is 0 Å². The first-order chi connectivity index (χ1) is 16.8. The van der Waals surface area contributed by atoms with Crippen molar-refractivity contribution in [3.8, 4) is 5.75 Å². The highest BCUT2D eigenvalue weighted by molar-refractivity contribution is 5.53. The van der Waals surface area contributed by atoms with E-state index in [1.165, 1.54) is 67.3 Å². The molecule has 2 aromatic carbocycles. The topological polar surface area (TPSA) is 21.3 Å². The minimum atomic E-state index is 0.403. The fourth-order valence-corrected chi connectivity index (χ4v) is 5.40. The van der Waals surface area contributed by atoms with Crippen LogP contribution in [0.25, 0.3) is 0 Å². The molecule has 2 heteroatoms. The van der Waals surface area contributed by atoms with Crippen LogP contribution in [0.5, 0.6) is 5.75 Å². The van der Waals surface area contributed by atoms with E-state index in [1.54, 1.807) is 0 Å². The molecule has 1 fully saturated rings. The van der Waals surface area contributed by atoms with Crippen LogP contribution in [-0.2, 0) is 6.42 Å². The van der Waals surface area contributed by atoms with Crippen LogP contribution < -0.4 is 10.1 Å². The van der Waals surface area contributed by atoms with Crippen LogP contribution in [0.3, 0.4) is 0 Å². The van der Waals surface area contributed by atoms with Crippen molar-refractivity contribution in [1.29, 1.82) is 0 Å². The molecule has 1 saturated carbocycles. The summed E-state index contributed by atoms with van der Waals surface area (Å²) in [6, 6.07) is 15.8. The molecule has 0 radical (unpaired) electrons. The number of nitrogens with one attached hydrogen (secondary N) is 1. The summed E-state index contributed by atoms with van der Waals surface area (Å²) < 4.78 is 6.36. The lowest BCUT2D eigenvalue weighted by Gasteiger charge is -2.21. The molecule has 2 aromatic rings. The van der Waals surface area contributed by atoms with Crippen LogP contribution in [0.4, 0.5) is 5.69 Å². The summed E-state index contributed by atoms with van der Waals surface area (Å²) in [5.74, 6) is 3.24. The molecule has 3 rings (SSSR count). The Morgan fingerprint density at radius 2 is 1.83 bits per heavy atom. The molecule has 0 heterocycles. The van der Waals surface area contributed by atoms with Crippen molar-refractivity contribution < 1.29 is 4.74 Å². The molecule has 1 aliphatic carbocycles. The first kappa shape index (κ1) is 27.6. The molecule has 2 nitrogen and oxygen atoms in total. The van der Waals surface area contributed by atoms with E-state index in [2.05, 4.69) is 89.3 Å². The van der Waals surface area contributed by atoms with Gasteiger partial charge in [-0.2, -0.15) is 0 Å². The van der Waals surface area contributed by atoms with E-state index in [0.717, 1.165) is 37.7 Å². The lowest BCUT2D eigenvalue weighted by Crippen LogP contribution is -2.17. The summed E-state index contributed by atoms with van der Waals surface area (Å²) in [5.41, 5.74) is 5.99. The van der Waals surface area contributed by atoms with Crippen molar-refractivity contribution in [2.75, 3.05) is 18.5 Å². The van der Waals surface area contributed by atoms with Gasteiger partial charge in [0.15, 0.2) is 0 Å². The molecule has 0 aliphatic heterocycles. The number of anilines is 1. The minimum Gasteiger partial charge on any atom is -0.493 e. The third-order valence-corrected chi connectivity index (χ3v) is 7.61. The molecule has 0 amide bonds. The van der Waals surface area contributed by atoms with E-state index >= 15 is 0 Å². The minimum absolute atomic E-state index is 0.403. The van der Waals surface area contributed by atoms with Gasteiger partial charge in [0.2, 0.25) is 0 Å². The maximum Gasteiger partial charge on any atom is 0.119 e. The molecule has 2 unspecified atom stereocenters. The van der Waals surface area contributed by atoms with E-state index in [9.17, 15) is 0 Å². The smallest absolute Gasteiger partial charge is 0.119 e. The van der Waals surface area contributed by atoms with Crippen LogP contribution in [0.15, 0.2) is 42.5 Å². The van der Waals surface area contributed by atoms with Crippen LogP contribution in [-0.4, -0.2) is 13.2 Å². The second-order valence-electron chi connectivity index (χ2n) is 12.2. The first-order valence-corrected chi connectivity index (χ1v) is 14.3. The number of ether oxygens (including phenoxy) is 1. The predicted octanol–water partition coefficient (Wildman–Crippen LogP) is 9.56. The Bertz CT molecular complexity index is 892. The summed E-state index contributed by atoms with van der Waals surface area (Å²) >= 11 is 0. The summed E-state index contributed by atoms with van der Waals surface area (Å²) in [5, 5.41) is 3.78. The molecule has 0 spiro atoms. The maximum absolute atomic E-state index is 6.36. The Labute approximate surface area is 216 Å². The zero-order valence-corrected chi connectivity index (χ0v) is 23.5. The van der Waals surface area contributed by atoms with Gasteiger partial charge in [-0.15, -0.1) is 0 Å². The third-order valence-electron chi connectivity index (χ3n) is 7.61. The SMILES string of the molecule is CCCC(CCNc1cc(C)ccc1CCCC(C)(C)C)COc1cccc(C(CC)C2CC2)c1.